The fraction of sp³-hybridized carbons (Fsp3) is 0.714. The predicted octanol–water partition coefficient (Wildman–Crippen LogP) is -1.71. The Morgan fingerprint density at radius 2 is 2.08 bits per heavy atom. The van der Waals surface area contributed by atoms with Crippen LogP contribution in [0.25, 0.3) is 0 Å². The van der Waals surface area contributed by atoms with Crippen LogP contribution in [-0.2, 0) is 9.59 Å². The minimum Gasteiger partial charge on any atom is -0.481 e. The van der Waals surface area contributed by atoms with E-state index in [0.29, 0.717) is 0 Å². The monoisotopic (exact) mass is 190 g/mol. The number of hydrogen-bond acceptors (Lipinski definition) is 4. The molecular weight excluding hydrogens is 176 g/mol. The van der Waals surface area contributed by atoms with Crippen LogP contribution in [0.1, 0.15) is 13.3 Å². The van der Waals surface area contributed by atoms with Crippen molar-refractivity contribution in [2.75, 3.05) is 6.54 Å². The van der Waals surface area contributed by atoms with E-state index in [2.05, 4.69) is 5.32 Å². The molecule has 0 aliphatic rings. The summed E-state index contributed by atoms with van der Waals surface area (Å²) >= 11 is 0. The standard InChI is InChI=1S/C7H14N2O4/c1-4(2-6(11)12)9-3-5(10)7(8)13/h4-5,9-10H,2-3H2,1H3,(H2,8,13)(H,11,12). The number of carbonyl (C=O) groups is 2. The summed E-state index contributed by atoms with van der Waals surface area (Å²) in [7, 11) is 0. The summed E-state index contributed by atoms with van der Waals surface area (Å²) in [6.45, 7) is 1.62. The average Bonchev–Trinajstić information content (AvgIpc) is 1.98. The molecule has 0 aromatic heterocycles. The van der Waals surface area contributed by atoms with Crippen molar-refractivity contribution in [2.24, 2.45) is 5.73 Å². The van der Waals surface area contributed by atoms with Gasteiger partial charge in [-0.05, 0) is 6.92 Å². The Kier molecular flexibility index (Phi) is 5.01. The van der Waals surface area contributed by atoms with Crippen LogP contribution in [0.2, 0.25) is 0 Å². The maximum absolute atomic E-state index is 10.3. The Labute approximate surface area is 75.7 Å². The molecule has 6 nitrogen and oxygen atoms in total. The number of nitrogens with two attached hydrogens (primary N) is 1. The van der Waals surface area contributed by atoms with Crippen molar-refractivity contribution in [3.63, 3.8) is 0 Å². The van der Waals surface area contributed by atoms with Crippen LogP contribution in [0.5, 0.6) is 0 Å². The van der Waals surface area contributed by atoms with Crippen LogP contribution in [-0.4, -0.2) is 40.8 Å². The number of amides is 1. The van der Waals surface area contributed by atoms with E-state index in [1.807, 2.05) is 0 Å². The summed E-state index contributed by atoms with van der Waals surface area (Å²) in [5, 5.41) is 20.0. The van der Waals surface area contributed by atoms with E-state index in [1.54, 1.807) is 6.92 Å². The number of nitrogens with one attached hydrogen (secondary N) is 1. The molecule has 5 N–H and O–H groups in total. The highest BCUT2D eigenvalue weighted by atomic mass is 16.4. The van der Waals surface area contributed by atoms with Gasteiger partial charge in [-0.15, -0.1) is 0 Å². The van der Waals surface area contributed by atoms with Crippen LogP contribution in [0.3, 0.4) is 0 Å². The maximum atomic E-state index is 10.3. The van der Waals surface area contributed by atoms with E-state index < -0.39 is 18.0 Å². The fourth-order valence-electron chi connectivity index (χ4n) is 0.748. The first-order valence-corrected chi connectivity index (χ1v) is 3.86. The zero-order chi connectivity index (χ0) is 10.4. The van der Waals surface area contributed by atoms with Crippen molar-refractivity contribution in [2.45, 2.75) is 25.5 Å². The van der Waals surface area contributed by atoms with E-state index in [4.69, 9.17) is 15.9 Å². The molecule has 1 amide bonds. The first-order valence-electron chi connectivity index (χ1n) is 3.86. The minimum absolute atomic E-state index is 0.0240. The number of aliphatic hydroxyl groups excluding tert-OH is 1. The number of hydrogen-bond donors (Lipinski definition) is 4. The first-order chi connectivity index (χ1) is 5.93. The van der Waals surface area contributed by atoms with E-state index in [9.17, 15) is 9.59 Å². The second-order valence-corrected chi connectivity index (χ2v) is 2.83. The van der Waals surface area contributed by atoms with Gasteiger partial charge in [-0.3, -0.25) is 9.59 Å². The lowest BCUT2D eigenvalue weighted by molar-refractivity contribution is -0.137. The SMILES string of the molecule is CC(CC(=O)O)NCC(O)C(N)=O. The number of primary amides is 1. The van der Waals surface area contributed by atoms with Gasteiger partial charge in [-0.1, -0.05) is 0 Å². The predicted molar refractivity (Wildman–Crippen MR) is 44.9 cm³/mol. The Balaban J connectivity index is 3.63. The van der Waals surface area contributed by atoms with Crippen LogP contribution in [0.15, 0.2) is 0 Å². The highest BCUT2D eigenvalue weighted by Gasteiger charge is 2.13. The normalized spacial score (nSPS) is 14.9. The third kappa shape index (κ3) is 6.06. The van der Waals surface area contributed by atoms with Crippen molar-refractivity contribution in [1.82, 2.24) is 5.32 Å². The highest BCUT2D eigenvalue weighted by Crippen LogP contribution is 1.90. The van der Waals surface area contributed by atoms with Gasteiger partial charge in [0, 0.05) is 12.6 Å². The number of rotatable bonds is 6. The van der Waals surface area contributed by atoms with Crippen molar-refractivity contribution >= 4 is 11.9 Å². The zero-order valence-corrected chi connectivity index (χ0v) is 7.36. The Hall–Kier alpha value is -1.14. The van der Waals surface area contributed by atoms with Gasteiger partial charge in [0.05, 0.1) is 6.42 Å². The van der Waals surface area contributed by atoms with Gasteiger partial charge in [-0.25, -0.2) is 0 Å². The van der Waals surface area contributed by atoms with Crippen LogP contribution >= 0.6 is 0 Å². The van der Waals surface area contributed by atoms with Crippen molar-refractivity contribution < 1.29 is 19.8 Å². The second kappa shape index (κ2) is 5.50. The molecule has 0 rings (SSSR count). The van der Waals surface area contributed by atoms with Gasteiger partial charge in [-0.2, -0.15) is 0 Å². The summed E-state index contributed by atoms with van der Waals surface area (Å²) < 4.78 is 0. The number of carbonyl (C=O) groups excluding carboxylic acids is 1. The van der Waals surface area contributed by atoms with Gasteiger partial charge < -0.3 is 21.3 Å². The van der Waals surface area contributed by atoms with E-state index in [1.165, 1.54) is 0 Å². The van der Waals surface area contributed by atoms with E-state index in [0.717, 1.165) is 0 Å². The third-order valence-electron chi connectivity index (χ3n) is 1.47. The maximum Gasteiger partial charge on any atom is 0.304 e. The van der Waals surface area contributed by atoms with Crippen molar-refractivity contribution in [1.29, 1.82) is 0 Å². The van der Waals surface area contributed by atoms with Crippen LogP contribution < -0.4 is 11.1 Å². The van der Waals surface area contributed by atoms with Crippen molar-refractivity contribution in [3.8, 4) is 0 Å². The molecule has 0 saturated heterocycles. The topological polar surface area (TPSA) is 113 Å². The average molecular weight is 190 g/mol. The second-order valence-electron chi connectivity index (χ2n) is 2.83. The van der Waals surface area contributed by atoms with Gasteiger partial charge in [0.1, 0.15) is 6.10 Å². The van der Waals surface area contributed by atoms with Crippen molar-refractivity contribution in [3.05, 3.63) is 0 Å². The van der Waals surface area contributed by atoms with Gasteiger partial charge >= 0.3 is 5.97 Å². The quantitative estimate of drug-likeness (QED) is 0.398. The summed E-state index contributed by atoms with van der Waals surface area (Å²) in [5.74, 6) is -1.76. The molecule has 76 valence electrons. The molecule has 0 aromatic carbocycles. The smallest absolute Gasteiger partial charge is 0.304 e. The summed E-state index contributed by atoms with van der Waals surface area (Å²) in [5.41, 5.74) is 4.78. The van der Waals surface area contributed by atoms with Gasteiger partial charge in [0.25, 0.3) is 0 Å². The number of carboxylic acids is 1. The molecule has 0 spiro atoms. The molecule has 6 heteroatoms. The lowest BCUT2D eigenvalue weighted by Gasteiger charge is -2.13. The number of carboxylic acid groups (broad SMARTS) is 1. The van der Waals surface area contributed by atoms with Gasteiger partial charge in [0.2, 0.25) is 5.91 Å². The fourth-order valence-corrected chi connectivity index (χ4v) is 0.748. The van der Waals surface area contributed by atoms with Crippen LogP contribution in [0.4, 0.5) is 0 Å². The molecule has 0 heterocycles. The molecule has 0 saturated carbocycles. The summed E-state index contributed by atoms with van der Waals surface area (Å²) in [6, 6.07) is -0.300. The Bertz CT molecular complexity index is 195. The third-order valence-corrected chi connectivity index (χ3v) is 1.47. The lowest BCUT2D eigenvalue weighted by atomic mass is 10.2. The first kappa shape index (κ1) is 11.9. The molecular formula is C7H14N2O4. The molecule has 2 unspecified atom stereocenters. The summed E-state index contributed by atoms with van der Waals surface area (Å²) in [4.78, 5) is 20.5. The molecule has 2 atom stereocenters. The molecule has 0 fully saturated rings. The number of aliphatic carboxylic acids is 1. The molecule has 0 aliphatic heterocycles. The Morgan fingerprint density at radius 1 is 1.54 bits per heavy atom. The zero-order valence-electron chi connectivity index (χ0n) is 7.36. The van der Waals surface area contributed by atoms with Gasteiger partial charge in [0.15, 0.2) is 0 Å². The minimum atomic E-state index is -1.27. The Morgan fingerprint density at radius 3 is 2.46 bits per heavy atom. The largest absolute Gasteiger partial charge is 0.481 e. The lowest BCUT2D eigenvalue weighted by Crippen LogP contribution is -2.41. The molecule has 0 radical (unpaired) electrons. The number of aliphatic hydroxyl groups is 1. The molecule has 0 aromatic rings. The van der Waals surface area contributed by atoms with E-state index in [-0.39, 0.29) is 19.0 Å². The van der Waals surface area contributed by atoms with E-state index >= 15 is 0 Å². The molecule has 13 heavy (non-hydrogen) atoms. The van der Waals surface area contributed by atoms with Crippen LogP contribution in [0, 0.1) is 0 Å². The summed E-state index contributed by atoms with van der Waals surface area (Å²) in [6.07, 6.45) is -1.33. The molecule has 0 bridgehead atoms. The highest BCUT2D eigenvalue weighted by molar-refractivity contribution is 5.78. The molecule has 0 aliphatic carbocycles.